The lowest BCUT2D eigenvalue weighted by atomic mass is 9.55. The van der Waals surface area contributed by atoms with Gasteiger partial charge in [-0.3, -0.25) is 9.69 Å². The summed E-state index contributed by atoms with van der Waals surface area (Å²) >= 11 is 0. The van der Waals surface area contributed by atoms with E-state index in [0.29, 0.717) is 18.6 Å². The number of aliphatic hydroxyl groups is 1. The Labute approximate surface area is 165 Å². The Balaban J connectivity index is 0.00000160. The summed E-state index contributed by atoms with van der Waals surface area (Å²) in [5, 5.41) is 11.0. The van der Waals surface area contributed by atoms with Gasteiger partial charge in [0.15, 0.2) is 6.29 Å². The Morgan fingerprint density at radius 3 is 2.96 bits per heavy atom. The monoisotopic (exact) mass is 388 g/mol. The molecule has 1 aromatic rings. The van der Waals surface area contributed by atoms with E-state index in [-0.39, 0.29) is 35.7 Å². The first-order chi connectivity index (χ1) is 12.6. The Morgan fingerprint density at radius 1 is 1.33 bits per heavy atom. The molecular formula is C21H25ClN2O3. The average Bonchev–Trinajstić information content (AvgIpc) is 3.10. The highest BCUT2D eigenvalue weighted by molar-refractivity contribution is 5.96. The molecule has 144 valence electrons. The van der Waals surface area contributed by atoms with Crippen molar-refractivity contribution in [1.29, 1.82) is 0 Å². The van der Waals surface area contributed by atoms with Crippen molar-refractivity contribution in [3.8, 4) is 0 Å². The van der Waals surface area contributed by atoms with Crippen molar-refractivity contribution in [2.75, 3.05) is 24.6 Å². The van der Waals surface area contributed by atoms with E-state index >= 15 is 0 Å². The number of anilines is 1. The second-order valence-electron chi connectivity index (χ2n) is 8.55. The number of carbonyl (C=O) groups excluding carboxylic acids is 1. The molecule has 1 aliphatic carbocycles. The van der Waals surface area contributed by atoms with Crippen LogP contribution >= 0.6 is 12.4 Å². The maximum absolute atomic E-state index is 12.8. The number of benzene rings is 1. The molecule has 6 atom stereocenters. The summed E-state index contributed by atoms with van der Waals surface area (Å²) in [4.78, 5) is 17.4. The second-order valence-corrected chi connectivity index (χ2v) is 8.55. The van der Waals surface area contributed by atoms with Crippen LogP contribution < -0.4 is 4.90 Å². The summed E-state index contributed by atoms with van der Waals surface area (Å²) in [5.74, 6) is 0.317. The molecule has 5 nitrogen and oxygen atoms in total. The van der Waals surface area contributed by atoms with Gasteiger partial charge in [-0.05, 0) is 36.9 Å². The average molecular weight is 389 g/mol. The Kier molecular flexibility index (Phi) is 3.80. The van der Waals surface area contributed by atoms with Crippen molar-refractivity contribution >= 4 is 24.0 Å². The zero-order valence-corrected chi connectivity index (χ0v) is 16.2. The van der Waals surface area contributed by atoms with E-state index in [1.54, 1.807) is 6.92 Å². The molecule has 0 unspecified atom stereocenters. The molecule has 1 aromatic carbocycles. The Morgan fingerprint density at radius 2 is 2.15 bits per heavy atom. The highest BCUT2D eigenvalue weighted by Crippen LogP contribution is 2.64. The fourth-order valence-corrected chi connectivity index (χ4v) is 6.99. The number of hydrogen-bond donors (Lipinski definition) is 1. The van der Waals surface area contributed by atoms with Crippen molar-refractivity contribution in [2.45, 2.75) is 43.6 Å². The van der Waals surface area contributed by atoms with Crippen molar-refractivity contribution in [3.05, 3.63) is 41.5 Å². The van der Waals surface area contributed by atoms with Gasteiger partial charge in [0.05, 0.1) is 12.6 Å². The van der Waals surface area contributed by atoms with Gasteiger partial charge in [0, 0.05) is 36.5 Å². The van der Waals surface area contributed by atoms with Crippen molar-refractivity contribution in [1.82, 2.24) is 4.90 Å². The van der Waals surface area contributed by atoms with Crippen molar-refractivity contribution in [3.63, 3.8) is 0 Å². The molecule has 3 fully saturated rings. The predicted octanol–water partition coefficient (Wildman–Crippen LogP) is 2.08. The summed E-state index contributed by atoms with van der Waals surface area (Å²) in [5.41, 5.74) is 3.66. The van der Waals surface area contributed by atoms with Crippen LogP contribution in [0.1, 0.15) is 25.3 Å². The third kappa shape index (κ3) is 1.98. The highest BCUT2D eigenvalue weighted by Gasteiger charge is 2.69. The molecule has 4 aliphatic heterocycles. The first kappa shape index (κ1) is 17.7. The van der Waals surface area contributed by atoms with Gasteiger partial charge in [-0.25, -0.2) is 0 Å². The summed E-state index contributed by atoms with van der Waals surface area (Å²) in [7, 11) is 0. The molecule has 1 N–H and O–H groups in total. The Hall–Kier alpha value is -1.40. The number of amides is 1. The number of hydrogen-bond acceptors (Lipinski definition) is 4. The lowest BCUT2D eigenvalue weighted by Gasteiger charge is -2.56. The first-order valence-corrected chi connectivity index (χ1v) is 9.75. The normalized spacial score (nSPS) is 41.2. The van der Waals surface area contributed by atoms with Gasteiger partial charge in [0.1, 0.15) is 0 Å². The van der Waals surface area contributed by atoms with Crippen LogP contribution in [0.4, 0.5) is 5.69 Å². The van der Waals surface area contributed by atoms with E-state index in [4.69, 9.17) is 4.74 Å². The van der Waals surface area contributed by atoms with E-state index in [9.17, 15) is 9.90 Å². The maximum atomic E-state index is 12.8. The van der Waals surface area contributed by atoms with Gasteiger partial charge >= 0.3 is 0 Å². The van der Waals surface area contributed by atoms with Gasteiger partial charge in [-0.15, -0.1) is 12.4 Å². The van der Waals surface area contributed by atoms with Crippen LogP contribution in [-0.2, 0) is 14.9 Å². The summed E-state index contributed by atoms with van der Waals surface area (Å²) in [6.45, 7) is 4.18. The molecule has 4 heterocycles. The van der Waals surface area contributed by atoms with Gasteiger partial charge in [-0.1, -0.05) is 29.8 Å². The summed E-state index contributed by atoms with van der Waals surface area (Å²) in [6, 6.07) is 8.83. The van der Waals surface area contributed by atoms with Crippen LogP contribution in [0.25, 0.3) is 0 Å². The minimum Gasteiger partial charge on any atom is -0.368 e. The van der Waals surface area contributed by atoms with Crippen LogP contribution in [0.2, 0.25) is 0 Å². The molecule has 0 aromatic heterocycles. The number of ether oxygens (including phenoxy) is 1. The van der Waals surface area contributed by atoms with Crippen LogP contribution in [0.3, 0.4) is 0 Å². The molecule has 6 heteroatoms. The van der Waals surface area contributed by atoms with Crippen LogP contribution in [0, 0.1) is 11.8 Å². The van der Waals surface area contributed by atoms with E-state index in [1.165, 1.54) is 11.1 Å². The summed E-state index contributed by atoms with van der Waals surface area (Å²) < 4.78 is 5.78. The quantitative estimate of drug-likeness (QED) is 0.691. The number of piperidine rings is 1. The number of para-hydroxylation sites is 1. The third-order valence-corrected chi connectivity index (χ3v) is 7.77. The smallest absolute Gasteiger partial charge is 0.224 e. The van der Waals surface area contributed by atoms with Gasteiger partial charge < -0.3 is 14.7 Å². The second kappa shape index (κ2) is 5.80. The van der Waals surface area contributed by atoms with Gasteiger partial charge in [0.25, 0.3) is 0 Å². The molecule has 5 aliphatic rings. The highest BCUT2D eigenvalue weighted by atomic mass is 35.5. The fourth-order valence-electron chi connectivity index (χ4n) is 6.99. The van der Waals surface area contributed by atoms with E-state index in [1.807, 2.05) is 11.0 Å². The summed E-state index contributed by atoms with van der Waals surface area (Å²) in [6.07, 6.45) is 3.47. The SMILES string of the molecule is CC(=O)N1c2ccccc2[C@@]23CCN4CC5=CCO[C@@H](O)[C@@H]([C@H]12)[C@H]5C[C@H]43.Cl. The molecule has 6 rings (SSSR count). The van der Waals surface area contributed by atoms with E-state index in [0.717, 1.165) is 31.6 Å². The van der Waals surface area contributed by atoms with E-state index < -0.39 is 6.29 Å². The van der Waals surface area contributed by atoms with Crippen molar-refractivity contribution < 1.29 is 14.6 Å². The van der Waals surface area contributed by atoms with Gasteiger partial charge in [-0.2, -0.15) is 0 Å². The minimum absolute atomic E-state index is 0. The number of nitrogens with zero attached hydrogens (tertiary/aromatic N) is 2. The number of halogens is 1. The zero-order valence-electron chi connectivity index (χ0n) is 15.4. The lowest BCUT2D eigenvalue weighted by molar-refractivity contribution is -0.156. The van der Waals surface area contributed by atoms with Crippen LogP contribution in [0.5, 0.6) is 0 Å². The topological polar surface area (TPSA) is 53.0 Å². The molecule has 2 saturated heterocycles. The van der Waals surface area contributed by atoms with Crippen LogP contribution in [-0.4, -0.2) is 54.0 Å². The largest absolute Gasteiger partial charge is 0.368 e. The number of rotatable bonds is 0. The molecule has 1 spiro atoms. The lowest BCUT2D eigenvalue weighted by Crippen LogP contribution is -2.66. The molecule has 27 heavy (non-hydrogen) atoms. The zero-order chi connectivity index (χ0) is 17.6. The molecule has 1 saturated carbocycles. The molecule has 1 amide bonds. The molecule has 2 bridgehead atoms. The molecule has 0 radical (unpaired) electrons. The number of carbonyl (C=O) groups is 1. The fraction of sp³-hybridized carbons (Fsp3) is 0.571. The molecular weight excluding hydrogens is 364 g/mol. The number of aliphatic hydroxyl groups excluding tert-OH is 1. The predicted molar refractivity (Wildman–Crippen MR) is 104 cm³/mol. The van der Waals surface area contributed by atoms with E-state index in [2.05, 4.69) is 29.2 Å². The standard InChI is InChI=1S/C21H24N2O3.ClH/c1-12(24)23-16-5-3-2-4-15(16)21-7-8-22-11-13-6-9-26-20(25)18(19(21)23)14(13)10-17(21)22;/h2-6,14,17-20,25H,7-11H2,1H3;1H/t14-,17-,18+,19-,20+,21+;/m0./s1. The minimum atomic E-state index is -0.820. The van der Waals surface area contributed by atoms with Crippen LogP contribution in [0.15, 0.2) is 35.9 Å². The Bertz CT molecular complexity index is 842. The first-order valence-electron chi connectivity index (χ1n) is 9.75. The third-order valence-electron chi connectivity index (χ3n) is 7.77. The maximum Gasteiger partial charge on any atom is 0.224 e. The van der Waals surface area contributed by atoms with Gasteiger partial charge in [0.2, 0.25) is 5.91 Å². The van der Waals surface area contributed by atoms with Crippen molar-refractivity contribution in [2.24, 2.45) is 11.8 Å². The number of fused-ring (bicyclic) bond motifs is 2.